The number of benzene rings is 8. The topological polar surface area (TPSA) is 71.7 Å². The second-order valence-corrected chi connectivity index (χ2v) is 14.7. The van der Waals surface area contributed by atoms with Gasteiger partial charge in [0.25, 0.3) is 0 Å². The van der Waals surface area contributed by atoms with E-state index in [-0.39, 0.29) is 0 Å². The van der Waals surface area contributed by atoms with Crippen LogP contribution in [0.4, 0.5) is 0 Å². The smallest absolute Gasteiger partial charge is 0.164 e. The third-order valence-electron chi connectivity index (χ3n) is 11.4. The molecule has 0 bridgehead atoms. The predicted octanol–water partition coefficient (Wildman–Crippen LogP) is 12.5. The number of aromatic nitrogens is 3. The van der Waals surface area contributed by atoms with Crippen molar-refractivity contribution in [2.24, 2.45) is 0 Å². The molecule has 0 N–H and O–H groups in total. The molecular formula is C53H32N4O. The highest BCUT2D eigenvalue weighted by Crippen LogP contribution is 2.62. The minimum atomic E-state index is -0.560. The number of nitrogens with zero attached hydrogens (tertiary/aromatic N) is 4. The fourth-order valence-corrected chi connectivity index (χ4v) is 8.80. The van der Waals surface area contributed by atoms with Crippen LogP contribution in [0.15, 0.2) is 194 Å². The van der Waals surface area contributed by atoms with Gasteiger partial charge in [0.2, 0.25) is 0 Å². The molecule has 0 saturated heterocycles. The molecule has 1 aromatic heterocycles. The Labute approximate surface area is 336 Å². The summed E-state index contributed by atoms with van der Waals surface area (Å²) in [7, 11) is 0. The monoisotopic (exact) mass is 740 g/mol. The van der Waals surface area contributed by atoms with E-state index in [1.54, 1.807) is 0 Å². The molecule has 0 radical (unpaired) electrons. The highest BCUT2D eigenvalue weighted by atomic mass is 16.5. The van der Waals surface area contributed by atoms with Gasteiger partial charge in [0.15, 0.2) is 17.5 Å². The van der Waals surface area contributed by atoms with E-state index in [0.29, 0.717) is 23.0 Å². The van der Waals surface area contributed by atoms with Crippen molar-refractivity contribution in [1.82, 2.24) is 15.0 Å². The summed E-state index contributed by atoms with van der Waals surface area (Å²) < 4.78 is 6.54. The second-order valence-electron chi connectivity index (χ2n) is 14.7. The van der Waals surface area contributed by atoms with Crippen LogP contribution in [0.25, 0.3) is 67.5 Å². The molecule has 1 spiro atoms. The van der Waals surface area contributed by atoms with Crippen LogP contribution in [0.1, 0.15) is 27.8 Å². The minimum Gasteiger partial charge on any atom is -0.457 e. The van der Waals surface area contributed by atoms with Gasteiger partial charge in [-0.25, -0.2) is 15.0 Å². The fourth-order valence-electron chi connectivity index (χ4n) is 8.80. The van der Waals surface area contributed by atoms with Gasteiger partial charge in [-0.2, -0.15) is 5.26 Å². The fraction of sp³-hybridized carbons (Fsp3) is 0.0189. The first kappa shape index (κ1) is 33.4. The number of para-hydroxylation sites is 2. The van der Waals surface area contributed by atoms with E-state index in [1.807, 2.05) is 54.6 Å². The highest BCUT2D eigenvalue weighted by molar-refractivity contribution is 5.90. The number of nitriles is 1. The van der Waals surface area contributed by atoms with Gasteiger partial charge in [-0.15, -0.1) is 0 Å². The lowest BCUT2D eigenvalue weighted by atomic mass is 9.66. The van der Waals surface area contributed by atoms with Crippen molar-refractivity contribution in [2.45, 2.75) is 5.41 Å². The normalized spacial score (nSPS) is 12.7. The Hall–Kier alpha value is -7.94. The zero-order valence-electron chi connectivity index (χ0n) is 31.2. The van der Waals surface area contributed by atoms with Crippen LogP contribution in [-0.2, 0) is 5.41 Å². The van der Waals surface area contributed by atoms with Crippen molar-refractivity contribution < 1.29 is 4.74 Å². The average Bonchev–Trinajstić information content (AvgIpc) is 3.59. The average molecular weight is 741 g/mol. The molecule has 11 rings (SSSR count). The van der Waals surface area contributed by atoms with Gasteiger partial charge in [-0.1, -0.05) is 152 Å². The van der Waals surface area contributed by atoms with Gasteiger partial charge in [-0.3, -0.25) is 0 Å². The molecule has 0 fully saturated rings. The van der Waals surface area contributed by atoms with E-state index in [9.17, 15) is 5.26 Å². The summed E-state index contributed by atoms with van der Waals surface area (Å²) in [6.07, 6.45) is 0. The lowest BCUT2D eigenvalue weighted by Crippen LogP contribution is -2.32. The molecule has 0 amide bonds. The van der Waals surface area contributed by atoms with Gasteiger partial charge in [0.05, 0.1) is 17.0 Å². The molecule has 270 valence electrons. The molecular weight excluding hydrogens is 709 g/mol. The molecule has 0 atom stereocenters. The molecule has 1 aliphatic carbocycles. The number of fused-ring (bicyclic) bond motifs is 9. The summed E-state index contributed by atoms with van der Waals surface area (Å²) in [4.78, 5) is 15.6. The van der Waals surface area contributed by atoms with Crippen molar-refractivity contribution >= 4 is 0 Å². The maximum Gasteiger partial charge on any atom is 0.164 e. The van der Waals surface area contributed by atoms with Crippen molar-refractivity contribution in [1.29, 1.82) is 5.26 Å². The summed E-state index contributed by atoms with van der Waals surface area (Å²) in [6, 6.07) is 69.0. The van der Waals surface area contributed by atoms with E-state index < -0.39 is 5.41 Å². The van der Waals surface area contributed by atoms with E-state index in [4.69, 9.17) is 19.7 Å². The number of rotatable bonds is 5. The largest absolute Gasteiger partial charge is 0.457 e. The summed E-state index contributed by atoms with van der Waals surface area (Å²) in [5, 5.41) is 9.38. The van der Waals surface area contributed by atoms with Crippen molar-refractivity contribution in [2.75, 3.05) is 0 Å². The molecule has 2 aliphatic rings. The summed E-state index contributed by atoms with van der Waals surface area (Å²) in [5.41, 5.74) is 13.9. The van der Waals surface area contributed by atoms with Gasteiger partial charge < -0.3 is 4.74 Å². The zero-order chi connectivity index (χ0) is 38.6. The second kappa shape index (κ2) is 13.4. The maximum absolute atomic E-state index is 9.38. The molecule has 0 saturated carbocycles. The van der Waals surface area contributed by atoms with E-state index in [2.05, 4.69) is 146 Å². The third kappa shape index (κ3) is 5.27. The standard InChI is InChI=1S/C53H32N4O/c54-33-34-24-26-36(27-25-34)38-15-11-17-40(31-38)51-55-50(39-16-10-14-37(30-39)35-12-2-1-3-13-35)56-52(57-51)41-28-29-45-43(32-41)42-18-4-5-19-44(42)53(45)46-20-6-8-22-48(46)58-49-23-9-7-21-47(49)53/h1-32H. The Bertz CT molecular complexity index is 3060. The van der Waals surface area contributed by atoms with E-state index >= 15 is 0 Å². The Morgan fingerprint density at radius 3 is 1.41 bits per heavy atom. The van der Waals surface area contributed by atoms with Crippen LogP contribution in [-0.4, -0.2) is 15.0 Å². The Morgan fingerprint density at radius 2 is 0.810 bits per heavy atom. The molecule has 8 aromatic carbocycles. The third-order valence-corrected chi connectivity index (χ3v) is 11.4. The predicted molar refractivity (Wildman–Crippen MR) is 229 cm³/mol. The summed E-state index contributed by atoms with van der Waals surface area (Å²) >= 11 is 0. The highest BCUT2D eigenvalue weighted by Gasteiger charge is 2.51. The summed E-state index contributed by atoms with van der Waals surface area (Å²) in [5.74, 6) is 3.47. The van der Waals surface area contributed by atoms with Crippen molar-refractivity contribution in [3.8, 4) is 85.1 Å². The quantitative estimate of drug-likeness (QED) is 0.176. The van der Waals surface area contributed by atoms with Crippen molar-refractivity contribution in [3.05, 3.63) is 222 Å². The SMILES string of the molecule is N#Cc1ccc(-c2cccc(-c3nc(-c4cccc(-c5ccccc5)c4)nc(-c4ccc5c(c4)-c4ccccc4C54c5ccccc5Oc5ccccc54)n3)c2)cc1. The van der Waals surface area contributed by atoms with Gasteiger partial charge in [-0.05, 0) is 87.0 Å². The lowest BCUT2D eigenvalue weighted by Gasteiger charge is -2.39. The van der Waals surface area contributed by atoms with Crippen LogP contribution < -0.4 is 4.74 Å². The summed E-state index contributed by atoms with van der Waals surface area (Å²) in [6.45, 7) is 0. The van der Waals surface area contributed by atoms with E-state index in [0.717, 1.165) is 67.1 Å². The van der Waals surface area contributed by atoms with Crippen LogP contribution in [0.2, 0.25) is 0 Å². The zero-order valence-corrected chi connectivity index (χ0v) is 31.2. The van der Waals surface area contributed by atoms with Gasteiger partial charge >= 0.3 is 0 Å². The molecule has 2 heterocycles. The lowest BCUT2D eigenvalue weighted by molar-refractivity contribution is 0.436. The van der Waals surface area contributed by atoms with Crippen LogP contribution in [0.3, 0.4) is 0 Å². The number of hydrogen-bond donors (Lipinski definition) is 0. The van der Waals surface area contributed by atoms with Crippen LogP contribution >= 0.6 is 0 Å². The van der Waals surface area contributed by atoms with Crippen molar-refractivity contribution in [3.63, 3.8) is 0 Å². The van der Waals surface area contributed by atoms with E-state index in [1.165, 1.54) is 16.7 Å². The molecule has 5 heteroatoms. The molecule has 1 aliphatic heterocycles. The number of ether oxygens (including phenoxy) is 1. The molecule has 9 aromatic rings. The minimum absolute atomic E-state index is 0.560. The van der Waals surface area contributed by atoms with Crippen LogP contribution in [0, 0.1) is 11.3 Å². The first-order chi connectivity index (χ1) is 28.7. The Morgan fingerprint density at radius 1 is 0.362 bits per heavy atom. The first-order valence-corrected chi connectivity index (χ1v) is 19.3. The van der Waals surface area contributed by atoms with Crippen LogP contribution in [0.5, 0.6) is 11.5 Å². The Kier molecular flexibility index (Phi) is 7.70. The number of hydrogen-bond acceptors (Lipinski definition) is 5. The van der Waals surface area contributed by atoms with Gasteiger partial charge in [0.1, 0.15) is 11.5 Å². The Balaban J connectivity index is 1.11. The molecule has 0 unspecified atom stereocenters. The molecule has 58 heavy (non-hydrogen) atoms. The first-order valence-electron chi connectivity index (χ1n) is 19.3. The molecule has 5 nitrogen and oxygen atoms in total. The van der Waals surface area contributed by atoms with Gasteiger partial charge in [0, 0.05) is 27.8 Å². The maximum atomic E-state index is 9.38.